The second-order valence-electron chi connectivity index (χ2n) is 5.60. The molecule has 1 fully saturated rings. The summed E-state index contributed by atoms with van der Waals surface area (Å²) in [5.74, 6) is 0. The molecule has 0 atom stereocenters. The van der Waals surface area contributed by atoms with Crippen LogP contribution in [0.5, 0.6) is 0 Å². The molecule has 1 aliphatic carbocycles. The maximum atomic E-state index is 10.7. The lowest BCUT2D eigenvalue weighted by atomic mass is 9.87. The second kappa shape index (κ2) is 4.34. The van der Waals surface area contributed by atoms with Crippen molar-refractivity contribution in [3.63, 3.8) is 0 Å². The molecule has 94 valence electrons. The van der Waals surface area contributed by atoms with E-state index < -0.39 is 0 Å². The van der Waals surface area contributed by atoms with Gasteiger partial charge in [-0.3, -0.25) is 4.90 Å². The lowest BCUT2D eigenvalue weighted by Gasteiger charge is -2.23. The van der Waals surface area contributed by atoms with Gasteiger partial charge < -0.3 is 0 Å². The number of benzene rings is 1. The topological polar surface area (TPSA) is 32.7 Å². The minimum Gasteiger partial charge on any atom is -0.298 e. The monoisotopic (exact) mass is 242 g/mol. The molecule has 1 saturated carbocycles. The Kier molecular flexibility index (Phi) is 2.81. The molecule has 2 aliphatic rings. The van der Waals surface area contributed by atoms with Crippen molar-refractivity contribution in [1.29, 1.82) is 0 Å². The highest BCUT2D eigenvalue weighted by Gasteiger charge is 2.36. The molecule has 0 spiro atoms. The molecule has 1 aromatic carbocycles. The van der Waals surface area contributed by atoms with Gasteiger partial charge in [-0.05, 0) is 36.6 Å². The average molecular weight is 242 g/mol. The van der Waals surface area contributed by atoms with Crippen molar-refractivity contribution in [3.8, 4) is 0 Å². The number of isocyanates is 1. The Morgan fingerprint density at radius 3 is 2.67 bits per heavy atom. The first-order chi connectivity index (χ1) is 8.73. The minimum absolute atomic E-state index is 0.280. The number of carbonyl (C=O) groups excluding carboxylic acids is 1. The molecule has 1 aromatic rings. The van der Waals surface area contributed by atoms with Crippen LogP contribution < -0.4 is 0 Å². The lowest BCUT2D eigenvalue weighted by molar-refractivity contribution is 0.353. The van der Waals surface area contributed by atoms with Crippen LogP contribution in [-0.2, 0) is 23.4 Å². The van der Waals surface area contributed by atoms with Gasteiger partial charge in [-0.15, -0.1) is 0 Å². The highest BCUT2D eigenvalue weighted by molar-refractivity contribution is 5.42. The summed E-state index contributed by atoms with van der Waals surface area (Å²) in [6, 6.07) is 6.61. The van der Waals surface area contributed by atoms with E-state index in [-0.39, 0.29) is 5.54 Å². The summed E-state index contributed by atoms with van der Waals surface area (Å²) >= 11 is 0. The van der Waals surface area contributed by atoms with E-state index in [1.165, 1.54) is 16.7 Å². The first-order valence-corrected chi connectivity index (χ1v) is 6.63. The predicted molar refractivity (Wildman–Crippen MR) is 69.9 cm³/mol. The van der Waals surface area contributed by atoms with Gasteiger partial charge in [-0.2, -0.15) is 4.99 Å². The number of nitrogens with zero attached hydrogens (tertiary/aromatic N) is 2. The zero-order chi connectivity index (χ0) is 12.6. The summed E-state index contributed by atoms with van der Waals surface area (Å²) in [7, 11) is 2.13. The van der Waals surface area contributed by atoms with Crippen LogP contribution in [0.15, 0.2) is 23.2 Å². The Labute approximate surface area is 108 Å². The fourth-order valence-electron chi connectivity index (χ4n) is 3.37. The highest BCUT2D eigenvalue weighted by Crippen LogP contribution is 2.43. The van der Waals surface area contributed by atoms with E-state index in [0.29, 0.717) is 0 Å². The van der Waals surface area contributed by atoms with Crippen molar-refractivity contribution in [1.82, 2.24) is 4.90 Å². The van der Waals surface area contributed by atoms with Crippen molar-refractivity contribution in [2.24, 2.45) is 4.99 Å². The SMILES string of the molecule is CN1Cc2ccc(C3(N=C=O)CCCC3)cc2C1. The van der Waals surface area contributed by atoms with Gasteiger partial charge in [0, 0.05) is 13.1 Å². The van der Waals surface area contributed by atoms with Crippen LogP contribution in [-0.4, -0.2) is 18.0 Å². The van der Waals surface area contributed by atoms with E-state index in [2.05, 4.69) is 35.1 Å². The normalized spacial score (nSPS) is 21.6. The van der Waals surface area contributed by atoms with Crippen LogP contribution in [0.3, 0.4) is 0 Å². The molecule has 0 bridgehead atoms. The summed E-state index contributed by atoms with van der Waals surface area (Å²) in [6.07, 6.45) is 6.07. The van der Waals surface area contributed by atoms with E-state index in [0.717, 1.165) is 38.8 Å². The van der Waals surface area contributed by atoms with Gasteiger partial charge in [0.2, 0.25) is 6.08 Å². The molecular weight excluding hydrogens is 224 g/mol. The quantitative estimate of drug-likeness (QED) is 0.590. The van der Waals surface area contributed by atoms with Crippen LogP contribution in [0.2, 0.25) is 0 Å². The summed E-state index contributed by atoms with van der Waals surface area (Å²) in [5.41, 5.74) is 3.72. The van der Waals surface area contributed by atoms with Crippen LogP contribution in [0.1, 0.15) is 42.4 Å². The highest BCUT2D eigenvalue weighted by atomic mass is 16.1. The van der Waals surface area contributed by atoms with Gasteiger partial charge in [-0.1, -0.05) is 31.0 Å². The summed E-state index contributed by atoms with van der Waals surface area (Å²) in [6.45, 7) is 2.03. The summed E-state index contributed by atoms with van der Waals surface area (Å²) in [5, 5.41) is 0. The van der Waals surface area contributed by atoms with Crippen LogP contribution in [0, 0.1) is 0 Å². The average Bonchev–Trinajstić information content (AvgIpc) is 2.94. The Hall–Kier alpha value is -1.44. The summed E-state index contributed by atoms with van der Waals surface area (Å²) < 4.78 is 0. The number of fused-ring (bicyclic) bond motifs is 1. The summed E-state index contributed by atoms with van der Waals surface area (Å²) in [4.78, 5) is 17.2. The third kappa shape index (κ3) is 1.80. The van der Waals surface area contributed by atoms with Gasteiger partial charge in [0.1, 0.15) is 0 Å². The Morgan fingerprint density at radius 2 is 1.94 bits per heavy atom. The lowest BCUT2D eigenvalue weighted by Crippen LogP contribution is -2.19. The maximum Gasteiger partial charge on any atom is 0.235 e. The fraction of sp³-hybridized carbons (Fsp3) is 0.533. The molecule has 0 unspecified atom stereocenters. The molecule has 0 aromatic heterocycles. The Bertz CT molecular complexity index is 511. The standard InChI is InChI=1S/C15H18N2O/c1-17-9-12-4-5-14(8-13(12)10-17)15(16-11-18)6-2-3-7-15/h4-5,8H,2-3,6-7,9-10H2,1H3. The Morgan fingerprint density at radius 1 is 1.22 bits per heavy atom. The number of hydrogen-bond donors (Lipinski definition) is 0. The van der Waals surface area contributed by atoms with Gasteiger partial charge in [0.15, 0.2) is 0 Å². The van der Waals surface area contributed by atoms with E-state index >= 15 is 0 Å². The van der Waals surface area contributed by atoms with Crippen LogP contribution >= 0.6 is 0 Å². The third-order valence-corrected chi connectivity index (χ3v) is 4.31. The zero-order valence-corrected chi connectivity index (χ0v) is 10.8. The molecule has 1 heterocycles. The first-order valence-electron chi connectivity index (χ1n) is 6.63. The number of hydrogen-bond acceptors (Lipinski definition) is 3. The van der Waals surface area contributed by atoms with Gasteiger partial charge in [0.25, 0.3) is 0 Å². The molecule has 18 heavy (non-hydrogen) atoms. The van der Waals surface area contributed by atoms with Gasteiger partial charge in [0.05, 0.1) is 5.54 Å². The van der Waals surface area contributed by atoms with Crippen LogP contribution in [0.4, 0.5) is 0 Å². The van der Waals surface area contributed by atoms with Crippen molar-refractivity contribution in [2.75, 3.05) is 7.05 Å². The van der Waals surface area contributed by atoms with Crippen molar-refractivity contribution >= 4 is 6.08 Å². The Balaban J connectivity index is 2.02. The predicted octanol–water partition coefficient (Wildman–Crippen LogP) is 2.74. The number of rotatable bonds is 2. The molecule has 0 saturated heterocycles. The molecule has 3 rings (SSSR count). The van der Waals surface area contributed by atoms with E-state index in [4.69, 9.17) is 0 Å². The maximum absolute atomic E-state index is 10.7. The molecule has 0 radical (unpaired) electrons. The zero-order valence-electron chi connectivity index (χ0n) is 10.8. The minimum atomic E-state index is -0.280. The molecule has 3 heteroatoms. The van der Waals surface area contributed by atoms with Gasteiger partial charge >= 0.3 is 0 Å². The number of aliphatic imine (C=N–C) groups is 1. The van der Waals surface area contributed by atoms with Crippen molar-refractivity contribution in [3.05, 3.63) is 34.9 Å². The molecule has 0 N–H and O–H groups in total. The largest absolute Gasteiger partial charge is 0.298 e. The van der Waals surface area contributed by atoms with Gasteiger partial charge in [-0.25, -0.2) is 4.79 Å². The smallest absolute Gasteiger partial charge is 0.235 e. The molecule has 3 nitrogen and oxygen atoms in total. The van der Waals surface area contributed by atoms with E-state index in [1.807, 2.05) is 0 Å². The van der Waals surface area contributed by atoms with E-state index in [9.17, 15) is 4.79 Å². The molecule has 0 amide bonds. The van der Waals surface area contributed by atoms with Crippen LogP contribution in [0.25, 0.3) is 0 Å². The molecular formula is C15H18N2O. The third-order valence-electron chi connectivity index (χ3n) is 4.31. The van der Waals surface area contributed by atoms with Crippen molar-refractivity contribution < 1.29 is 4.79 Å². The van der Waals surface area contributed by atoms with Crippen molar-refractivity contribution in [2.45, 2.75) is 44.3 Å². The first kappa shape index (κ1) is 11.6. The van der Waals surface area contributed by atoms with E-state index in [1.54, 1.807) is 6.08 Å². The fourth-order valence-corrected chi connectivity index (χ4v) is 3.37. The molecule has 1 aliphatic heterocycles. The second-order valence-corrected chi connectivity index (χ2v) is 5.60.